The Morgan fingerprint density at radius 1 is 1.53 bits per heavy atom. The van der Waals surface area contributed by atoms with Crippen LogP contribution in [-0.4, -0.2) is 37.3 Å². The number of nitrogens with zero attached hydrogens (tertiary/aromatic N) is 4. The van der Waals surface area contributed by atoms with Crippen molar-refractivity contribution in [3.63, 3.8) is 0 Å². The number of aryl methyl sites for hydroxylation is 2. The van der Waals surface area contributed by atoms with Gasteiger partial charge >= 0.3 is 0 Å². The molecule has 0 aromatic carbocycles. The number of nitrogens with one attached hydrogen (secondary N) is 1. The van der Waals surface area contributed by atoms with Crippen LogP contribution in [0.25, 0.3) is 0 Å². The summed E-state index contributed by atoms with van der Waals surface area (Å²) in [4.78, 5) is 14.4. The zero-order valence-electron chi connectivity index (χ0n) is 11.1. The summed E-state index contributed by atoms with van der Waals surface area (Å²) in [5, 5.41) is 11.1. The second-order valence-corrected chi connectivity index (χ2v) is 5.04. The lowest BCUT2D eigenvalue weighted by molar-refractivity contribution is 0.0729. The van der Waals surface area contributed by atoms with Crippen LogP contribution in [0.4, 0.5) is 0 Å². The maximum Gasteiger partial charge on any atom is 0.274 e. The smallest absolute Gasteiger partial charge is 0.274 e. The summed E-state index contributed by atoms with van der Waals surface area (Å²) in [5.41, 5.74) is 2.49. The fourth-order valence-corrected chi connectivity index (χ4v) is 2.64. The Balaban J connectivity index is 1.85. The predicted molar refractivity (Wildman–Crippen MR) is 69.5 cm³/mol. The Bertz CT molecular complexity index is 600. The van der Waals surface area contributed by atoms with E-state index in [9.17, 15) is 4.79 Å². The van der Waals surface area contributed by atoms with Gasteiger partial charge in [0.2, 0.25) is 0 Å². The molecule has 1 unspecified atom stereocenters. The maximum atomic E-state index is 12.5. The maximum absolute atomic E-state index is 12.5. The summed E-state index contributed by atoms with van der Waals surface area (Å²) < 4.78 is 1.77. The molecule has 1 atom stereocenters. The standard InChI is InChI=1S/C13H17N5O/c1-9-6-11(16-15-9)13(19)18-5-3-4-12(18)10-7-14-17(2)8-10/h6-8,12H,3-5H2,1-2H3,(H,15,16). The molecule has 0 aliphatic carbocycles. The first-order chi connectivity index (χ1) is 9.15. The highest BCUT2D eigenvalue weighted by molar-refractivity contribution is 5.92. The van der Waals surface area contributed by atoms with Gasteiger partial charge in [-0.15, -0.1) is 0 Å². The third kappa shape index (κ3) is 2.14. The summed E-state index contributed by atoms with van der Waals surface area (Å²) in [5.74, 6) is -0.00398. The second kappa shape index (κ2) is 4.53. The van der Waals surface area contributed by atoms with Gasteiger partial charge in [0.1, 0.15) is 5.69 Å². The number of aromatic amines is 1. The molecule has 100 valence electrons. The molecule has 3 heterocycles. The van der Waals surface area contributed by atoms with Crippen LogP contribution in [-0.2, 0) is 7.05 Å². The Morgan fingerprint density at radius 2 is 2.37 bits per heavy atom. The molecular formula is C13H17N5O. The van der Waals surface area contributed by atoms with Gasteiger partial charge in [-0.3, -0.25) is 14.6 Å². The van der Waals surface area contributed by atoms with Crippen LogP contribution in [0.15, 0.2) is 18.5 Å². The van der Waals surface area contributed by atoms with Gasteiger partial charge in [0.15, 0.2) is 0 Å². The zero-order valence-corrected chi connectivity index (χ0v) is 11.1. The molecule has 1 aliphatic heterocycles. The van der Waals surface area contributed by atoms with Crippen molar-refractivity contribution in [2.45, 2.75) is 25.8 Å². The van der Waals surface area contributed by atoms with Crippen LogP contribution < -0.4 is 0 Å². The quantitative estimate of drug-likeness (QED) is 0.887. The second-order valence-electron chi connectivity index (χ2n) is 5.04. The van der Waals surface area contributed by atoms with Crippen molar-refractivity contribution in [3.05, 3.63) is 35.4 Å². The van der Waals surface area contributed by atoms with Gasteiger partial charge in [0.25, 0.3) is 5.91 Å². The van der Waals surface area contributed by atoms with Crippen LogP contribution in [0.1, 0.15) is 40.6 Å². The zero-order chi connectivity index (χ0) is 13.4. The number of aromatic nitrogens is 4. The Morgan fingerprint density at radius 3 is 3.00 bits per heavy atom. The van der Waals surface area contributed by atoms with Gasteiger partial charge in [0.05, 0.1) is 12.2 Å². The lowest BCUT2D eigenvalue weighted by Gasteiger charge is -2.22. The summed E-state index contributed by atoms with van der Waals surface area (Å²) >= 11 is 0. The molecule has 0 bridgehead atoms. The first-order valence-corrected chi connectivity index (χ1v) is 6.46. The lowest BCUT2D eigenvalue weighted by atomic mass is 10.1. The topological polar surface area (TPSA) is 66.8 Å². The van der Waals surface area contributed by atoms with Crippen molar-refractivity contribution in [3.8, 4) is 0 Å². The van der Waals surface area contributed by atoms with Gasteiger partial charge in [-0.1, -0.05) is 0 Å². The van der Waals surface area contributed by atoms with Crippen LogP contribution in [0.3, 0.4) is 0 Å². The van der Waals surface area contributed by atoms with E-state index in [2.05, 4.69) is 15.3 Å². The number of H-pyrrole nitrogens is 1. The van der Waals surface area contributed by atoms with Crippen LogP contribution in [0.2, 0.25) is 0 Å². The molecule has 2 aromatic heterocycles. The first-order valence-electron chi connectivity index (χ1n) is 6.46. The lowest BCUT2D eigenvalue weighted by Crippen LogP contribution is -2.30. The van der Waals surface area contributed by atoms with Crippen molar-refractivity contribution < 1.29 is 4.79 Å². The molecule has 3 rings (SSSR count). The molecule has 1 saturated heterocycles. The Hall–Kier alpha value is -2.11. The van der Waals surface area contributed by atoms with E-state index in [4.69, 9.17) is 0 Å². The molecule has 2 aromatic rings. The fourth-order valence-electron chi connectivity index (χ4n) is 2.64. The third-order valence-electron chi connectivity index (χ3n) is 3.55. The summed E-state index contributed by atoms with van der Waals surface area (Å²) in [6.07, 6.45) is 5.83. The number of carbonyl (C=O) groups is 1. The van der Waals surface area contributed by atoms with Crippen molar-refractivity contribution in [1.82, 2.24) is 24.9 Å². The van der Waals surface area contributed by atoms with E-state index >= 15 is 0 Å². The minimum Gasteiger partial charge on any atom is -0.330 e. The molecular weight excluding hydrogens is 242 g/mol. The van der Waals surface area contributed by atoms with Crippen LogP contribution in [0.5, 0.6) is 0 Å². The first kappa shape index (κ1) is 12.0. The third-order valence-corrected chi connectivity index (χ3v) is 3.55. The predicted octanol–water partition coefficient (Wildman–Crippen LogP) is 1.43. The molecule has 19 heavy (non-hydrogen) atoms. The van der Waals surface area contributed by atoms with E-state index < -0.39 is 0 Å². The molecule has 1 N–H and O–H groups in total. The monoisotopic (exact) mass is 259 g/mol. The molecule has 6 heteroatoms. The number of hydrogen-bond donors (Lipinski definition) is 1. The van der Waals surface area contributed by atoms with Gasteiger partial charge in [-0.2, -0.15) is 10.2 Å². The highest BCUT2D eigenvalue weighted by atomic mass is 16.2. The van der Waals surface area contributed by atoms with Crippen LogP contribution >= 0.6 is 0 Å². The van der Waals surface area contributed by atoms with E-state index in [1.165, 1.54) is 0 Å². The molecule has 0 spiro atoms. The average molecular weight is 259 g/mol. The highest BCUT2D eigenvalue weighted by Gasteiger charge is 2.32. The number of likely N-dealkylation sites (tertiary alicyclic amines) is 1. The SMILES string of the molecule is Cc1cc(C(=O)N2CCCC2c2cnn(C)c2)n[nH]1. The number of rotatable bonds is 2. The van der Waals surface area contributed by atoms with Crippen molar-refractivity contribution in [1.29, 1.82) is 0 Å². The van der Waals surface area contributed by atoms with E-state index in [0.29, 0.717) is 5.69 Å². The highest BCUT2D eigenvalue weighted by Crippen LogP contribution is 2.32. The molecule has 6 nitrogen and oxygen atoms in total. The molecule has 0 radical (unpaired) electrons. The Labute approximate surface area is 111 Å². The van der Waals surface area contributed by atoms with Crippen molar-refractivity contribution in [2.75, 3.05) is 6.54 Å². The van der Waals surface area contributed by atoms with E-state index in [1.54, 1.807) is 10.7 Å². The van der Waals surface area contributed by atoms with Crippen molar-refractivity contribution >= 4 is 5.91 Å². The largest absolute Gasteiger partial charge is 0.330 e. The van der Waals surface area contributed by atoms with Gasteiger partial charge < -0.3 is 4.90 Å². The molecule has 0 saturated carbocycles. The summed E-state index contributed by atoms with van der Waals surface area (Å²) in [7, 11) is 1.89. The summed E-state index contributed by atoms with van der Waals surface area (Å²) in [6.45, 7) is 2.68. The minimum absolute atomic E-state index is 0.00398. The number of carbonyl (C=O) groups excluding carboxylic acids is 1. The fraction of sp³-hybridized carbons (Fsp3) is 0.462. The van der Waals surface area contributed by atoms with E-state index in [1.807, 2.05) is 31.3 Å². The molecule has 1 amide bonds. The number of hydrogen-bond acceptors (Lipinski definition) is 3. The van der Waals surface area contributed by atoms with Gasteiger partial charge in [-0.25, -0.2) is 0 Å². The molecule has 1 aliphatic rings. The number of amides is 1. The van der Waals surface area contributed by atoms with Gasteiger partial charge in [-0.05, 0) is 25.8 Å². The normalized spacial score (nSPS) is 19.1. The van der Waals surface area contributed by atoms with Gasteiger partial charge in [0, 0.05) is 31.0 Å². The Kier molecular flexibility index (Phi) is 2.85. The van der Waals surface area contributed by atoms with E-state index in [0.717, 1.165) is 30.6 Å². The van der Waals surface area contributed by atoms with E-state index in [-0.39, 0.29) is 11.9 Å². The molecule has 1 fully saturated rings. The minimum atomic E-state index is -0.00398. The average Bonchev–Trinajstić information content (AvgIpc) is 3.07. The van der Waals surface area contributed by atoms with Crippen LogP contribution in [0, 0.1) is 6.92 Å². The summed E-state index contributed by atoms with van der Waals surface area (Å²) in [6, 6.07) is 1.92. The van der Waals surface area contributed by atoms with Crippen molar-refractivity contribution in [2.24, 2.45) is 7.05 Å².